The molecule has 0 aliphatic heterocycles. The quantitative estimate of drug-likeness (QED) is 0.435. The van der Waals surface area contributed by atoms with Gasteiger partial charge in [0.05, 0.1) is 6.10 Å². The van der Waals surface area contributed by atoms with Crippen LogP contribution in [0.25, 0.3) is 0 Å². The van der Waals surface area contributed by atoms with Gasteiger partial charge in [-0.3, -0.25) is 4.79 Å². The van der Waals surface area contributed by atoms with Crippen LogP contribution in [0.1, 0.15) is 35.4 Å². The lowest BCUT2D eigenvalue weighted by atomic mass is 9.98. The summed E-state index contributed by atoms with van der Waals surface area (Å²) in [7, 11) is 0. The van der Waals surface area contributed by atoms with Crippen molar-refractivity contribution in [2.24, 2.45) is 0 Å². The summed E-state index contributed by atoms with van der Waals surface area (Å²) in [6, 6.07) is 4.52. The van der Waals surface area contributed by atoms with E-state index in [4.69, 9.17) is 10.8 Å². The Morgan fingerprint density at radius 1 is 1.41 bits per heavy atom. The second-order valence-corrected chi connectivity index (χ2v) is 3.92. The first-order chi connectivity index (χ1) is 7.97. The standard InChI is InChI=1S/C12H17NO4/c1-7(15)8-2-3-9(10(13)6-8)12(17)11(16)4-5-14/h2-3,6,11-12,14,16-17H,4-5,13H2,1H3. The lowest BCUT2D eigenvalue weighted by Crippen LogP contribution is -2.20. The molecule has 0 heterocycles. The largest absolute Gasteiger partial charge is 0.398 e. The van der Waals surface area contributed by atoms with Crippen LogP contribution >= 0.6 is 0 Å². The molecule has 0 aliphatic carbocycles. The minimum absolute atomic E-state index is 0.0646. The Kier molecular flexibility index (Phi) is 4.62. The molecule has 5 N–H and O–H groups in total. The predicted octanol–water partition coefficient (Wildman–Crippen LogP) is 0.248. The monoisotopic (exact) mass is 239 g/mol. The first kappa shape index (κ1) is 13.6. The number of aliphatic hydroxyl groups excluding tert-OH is 3. The highest BCUT2D eigenvalue weighted by Crippen LogP contribution is 2.25. The van der Waals surface area contributed by atoms with E-state index in [1.807, 2.05) is 0 Å². The highest BCUT2D eigenvalue weighted by molar-refractivity contribution is 5.95. The van der Waals surface area contributed by atoms with Gasteiger partial charge >= 0.3 is 0 Å². The molecule has 0 spiro atoms. The molecular weight excluding hydrogens is 222 g/mol. The van der Waals surface area contributed by atoms with Gasteiger partial charge in [0, 0.05) is 23.4 Å². The molecule has 94 valence electrons. The summed E-state index contributed by atoms with van der Waals surface area (Å²) in [5.74, 6) is -0.117. The van der Waals surface area contributed by atoms with E-state index in [2.05, 4.69) is 0 Å². The van der Waals surface area contributed by atoms with Crippen LogP contribution in [0, 0.1) is 0 Å². The molecule has 0 saturated heterocycles. The number of hydrogen-bond donors (Lipinski definition) is 4. The number of nitrogen functional groups attached to an aromatic ring is 1. The van der Waals surface area contributed by atoms with Gasteiger partial charge in [0.2, 0.25) is 0 Å². The molecule has 2 atom stereocenters. The molecule has 0 radical (unpaired) electrons. The van der Waals surface area contributed by atoms with E-state index in [0.717, 1.165) is 0 Å². The predicted molar refractivity (Wildman–Crippen MR) is 63.5 cm³/mol. The van der Waals surface area contributed by atoms with E-state index in [9.17, 15) is 15.0 Å². The van der Waals surface area contributed by atoms with E-state index < -0.39 is 12.2 Å². The topological polar surface area (TPSA) is 104 Å². The van der Waals surface area contributed by atoms with Crippen LogP contribution in [-0.4, -0.2) is 33.8 Å². The van der Waals surface area contributed by atoms with Crippen molar-refractivity contribution in [2.45, 2.75) is 25.6 Å². The Morgan fingerprint density at radius 3 is 2.53 bits per heavy atom. The molecule has 0 fully saturated rings. The van der Waals surface area contributed by atoms with Crippen molar-refractivity contribution >= 4 is 11.5 Å². The number of anilines is 1. The Hall–Kier alpha value is -1.43. The maximum Gasteiger partial charge on any atom is 0.159 e. The average molecular weight is 239 g/mol. The number of carbonyl (C=O) groups is 1. The van der Waals surface area contributed by atoms with Crippen molar-refractivity contribution in [1.82, 2.24) is 0 Å². The molecular formula is C12H17NO4. The molecule has 0 aromatic heterocycles. The maximum absolute atomic E-state index is 11.1. The van der Waals surface area contributed by atoms with Gasteiger partial charge in [-0.2, -0.15) is 0 Å². The van der Waals surface area contributed by atoms with E-state index in [1.165, 1.54) is 19.1 Å². The third-order valence-corrected chi connectivity index (χ3v) is 2.60. The number of aliphatic hydroxyl groups is 3. The number of Topliss-reactive ketones (excluding diaryl/α,β-unsaturated/α-hetero) is 1. The van der Waals surface area contributed by atoms with E-state index in [-0.39, 0.29) is 24.5 Å². The molecule has 1 aromatic rings. The van der Waals surface area contributed by atoms with Gasteiger partial charge in [-0.05, 0) is 19.4 Å². The fourth-order valence-electron chi connectivity index (χ4n) is 1.56. The minimum Gasteiger partial charge on any atom is -0.398 e. The van der Waals surface area contributed by atoms with Crippen LogP contribution < -0.4 is 5.73 Å². The molecule has 1 rings (SSSR count). The normalized spacial score (nSPS) is 14.4. The molecule has 2 unspecified atom stereocenters. The van der Waals surface area contributed by atoms with Crippen molar-refractivity contribution in [2.75, 3.05) is 12.3 Å². The highest BCUT2D eigenvalue weighted by Gasteiger charge is 2.20. The van der Waals surface area contributed by atoms with Crippen molar-refractivity contribution in [3.05, 3.63) is 29.3 Å². The zero-order chi connectivity index (χ0) is 13.0. The van der Waals surface area contributed by atoms with Gasteiger partial charge in [-0.25, -0.2) is 0 Å². The van der Waals surface area contributed by atoms with Crippen molar-refractivity contribution in [3.8, 4) is 0 Å². The third kappa shape index (κ3) is 3.26. The summed E-state index contributed by atoms with van der Waals surface area (Å²) < 4.78 is 0. The number of hydrogen-bond acceptors (Lipinski definition) is 5. The molecule has 0 bridgehead atoms. The minimum atomic E-state index is -1.16. The Labute approximate surface area is 99.5 Å². The van der Waals surface area contributed by atoms with Gasteiger partial charge < -0.3 is 21.1 Å². The number of rotatable bonds is 5. The summed E-state index contributed by atoms with van der Waals surface area (Å²) in [4.78, 5) is 11.1. The smallest absolute Gasteiger partial charge is 0.159 e. The number of ketones is 1. The Balaban J connectivity index is 2.95. The molecule has 0 saturated carbocycles. The summed E-state index contributed by atoms with van der Waals surface area (Å²) in [5.41, 5.74) is 6.77. The molecule has 0 aliphatic rings. The number of carbonyl (C=O) groups excluding carboxylic acids is 1. The second kappa shape index (κ2) is 5.77. The zero-order valence-corrected chi connectivity index (χ0v) is 9.63. The van der Waals surface area contributed by atoms with Crippen molar-refractivity contribution < 1.29 is 20.1 Å². The lowest BCUT2D eigenvalue weighted by Gasteiger charge is -2.19. The van der Waals surface area contributed by atoms with Crippen LogP contribution in [0.2, 0.25) is 0 Å². The SMILES string of the molecule is CC(=O)c1ccc(C(O)C(O)CCO)c(N)c1. The fourth-order valence-corrected chi connectivity index (χ4v) is 1.56. The van der Waals surface area contributed by atoms with E-state index in [1.54, 1.807) is 6.07 Å². The molecule has 17 heavy (non-hydrogen) atoms. The van der Waals surface area contributed by atoms with Gasteiger partial charge in [0.15, 0.2) is 5.78 Å². The average Bonchev–Trinajstić information content (AvgIpc) is 2.28. The van der Waals surface area contributed by atoms with Crippen molar-refractivity contribution in [3.63, 3.8) is 0 Å². The van der Waals surface area contributed by atoms with E-state index in [0.29, 0.717) is 11.1 Å². The summed E-state index contributed by atoms with van der Waals surface area (Å²) in [5, 5.41) is 28.0. The van der Waals surface area contributed by atoms with Crippen LogP contribution in [0.4, 0.5) is 5.69 Å². The molecule has 1 aromatic carbocycles. The summed E-state index contributed by atoms with van der Waals surface area (Å²) in [6.45, 7) is 1.20. The van der Waals surface area contributed by atoms with Crippen LogP contribution in [0.5, 0.6) is 0 Å². The van der Waals surface area contributed by atoms with Crippen LogP contribution in [0.15, 0.2) is 18.2 Å². The number of benzene rings is 1. The highest BCUT2D eigenvalue weighted by atomic mass is 16.3. The first-order valence-electron chi connectivity index (χ1n) is 5.34. The van der Waals surface area contributed by atoms with E-state index >= 15 is 0 Å². The Morgan fingerprint density at radius 2 is 2.06 bits per heavy atom. The number of nitrogens with two attached hydrogens (primary N) is 1. The van der Waals surface area contributed by atoms with Crippen LogP contribution in [0.3, 0.4) is 0 Å². The lowest BCUT2D eigenvalue weighted by molar-refractivity contribution is 0.00460. The van der Waals surface area contributed by atoms with Crippen LogP contribution in [-0.2, 0) is 0 Å². The van der Waals surface area contributed by atoms with Gasteiger partial charge in [0.25, 0.3) is 0 Å². The second-order valence-electron chi connectivity index (χ2n) is 3.92. The molecule has 5 heteroatoms. The maximum atomic E-state index is 11.1. The summed E-state index contributed by atoms with van der Waals surface area (Å²) >= 11 is 0. The summed E-state index contributed by atoms with van der Waals surface area (Å²) in [6.07, 6.45) is -2.18. The zero-order valence-electron chi connectivity index (χ0n) is 9.63. The fraction of sp³-hybridized carbons (Fsp3) is 0.417. The van der Waals surface area contributed by atoms with Gasteiger partial charge in [0.1, 0.15) is 6.10 Å². The molecule has 0 amide bonds. The van der Waals surface area contributed by atoms with Crippen molar-refractivity contribution in [1.29, 1.82) is 0 Å². The Bertz CT molecular complexity index is 405. The third-order valence-electron chi connectivity index (χ3n) is 2.60. The van der Waals surface area contributed by atoms with Gasteiger partial charge in [-0.1, -0.05) is 12.1 Å². The van der Waals surface area contributed by atoms with Gasteiger partial charge in [-0.15, -0.1) is 0 Å². The first-order valence-corrected chi connectivity index (χ1v) is 5.34. The molecule has 5 nitrogen and oxygen atoms in total.